The minimum atomic E-state index is -1.04. The number of aliphatic hydroxyl groups excluding tert-OH is 3. The Morgan fingerprint density at radius 3 is 2.43 bits per heavy atom. The van der Waals surface area contributed by atoms with Crippen LogP contribution in [0.15, 0.2) is 12.2 Å². The molecular weight excluding hydrogens is 296 g/mol. The third-order valence-corrected chi connectivity index (χ3v) is 4.21. The van der Waals surface area contributed by atoms with Gasteiger partial charge in [-0.25, -0.2) is 0 Å². The Kier molecular flexibility index (Phi) is 11.5. The quantitative estimate of drug-likeness (QED) is 0.356. The fraction of sp³-hybridized carbons (Fsp3) is 0.889. The van der Waals surface area contributed by atoms with Crippen LogP contribution in [0.4, 0.5) is 0 Å². The molecule has 1 aliphatic rings. The molecule has 1 aliphatic heterocycles. The fourth-order valence-electron chi connectivity index (χ4n) is 2.72. The second kappa shape index (κ2) is 12.9. The van der Waals surface area contributed by atoms with E-state index in [0.717, 1.165) is 6.42 Å². The number of hydrogen-bond acceptors (Lipinski definition) is 5. The van der Waals surface area contributed by atoms with Crippen LogP contribution in [0.3, 0.4) is 0 Å². The number of unbranched alkanes of at least 4 members (excludes halogenated alkanes) is 7. The summed E-state index contributed by atoms with van der Waals surface area (Å²) in [6.07, 6.45) is 10.7. The average Bonchev–Trinajstić information content (AvgIpc) is 2.88. The van der Waals surface area contributed by atoms with Gasteiger partial charge in [0.1, 0.15) is 24.4 Å². The molecule has 0 radical (unpaired) electrons. The highest BCUT2D eigenvalue weighted by Gasteiger charge is 2.39. The van der Waals surface area contributed by atoms with Gasteiger partial charge in [0.15, 0.2) is 0 Å². The molecule has 0 spiro atoms. The molecule has 136 valence electrons. The molecule has 4 atom stereocenters. The van der Waals surface area contributed by atoms with E-state index >= 15 is 0 Å². The van der Waals surface area contributed by atoms with Crippen LogP contribution < -0.4 is 0 Å². The number of ether oxygens (including phenoxy) is 2. The predicted molar refractivity (Wildman–Crippen MR) is 90.3 cm³/mol. The SMILES string of the molecule is CCCCCCCCC/C=C/COC[C@H](O)[C@H]1OC[C@@H](O)[C@H]1O. The maximum Gasteiger partial charge on any atom is 0.114 e. The molecule has 0 aliphatic carbocycles. The Bertz CT molecular complexity index is 308. The number of rotatable bonds is 13. The van der Waals surface area contributed by atoms with Crippen LogP contribution in [0.5, 0.6) is 0 Å². The molecule has 0 saturated carbocycles. The first-order chi connectivity index (χ1) is 11.2. The van der Waals surface area contributed by atoms with Gasteiger partial charge in [-0.3, -0.25) is 0 Å². The second-order valence-electron chi connectivity index (χ2n) is 6.34. The van der Waals surface area contributed by atoms with Crippen LogP contribution in [-0.4, -0.2) is 59.6 Å². The molecule has 0 amide bonds. The topological polar surface area (TPSA) is 79.2 Å². The van der Waals surface area contributed by atoms with Crippen LogP contribution in [-0.2, 0) is 9.47 Å². The Balaban J connectivity index is 1.92. The van der Waals surface area contributed by atoms with E-state index in [9.17, 15) is 15.3 Å². The normalized spacial score (nSPS) is 26.2. The van der Waals surface area contributed by atoms with Crippen LogP contribution in [0, 0.1) is 0 Å². The van der Waals surface area contributed by atoms with Crippen molar-refractivity contribution in [3.63, 3.8) is 0 Å². The first-order valence-corrected chi connectivity index (χ1v) is 9.05. The monoisotopic (exact) mass is 330 g/mol. The van der Waals surface area contributed by atoms with Crippen molar-refractivity contribution in [2.75, 3.05) is 19.8 Å². The summed E-state index contributed by atoms with van der Waals surface area (Å²) in [6, 6.07) is 0. The molecule has 5 heteroatoms. The standard InChI is InChI=1S/C18H34O5/c1-2-3-4-5-6-7-8-9-10-11-12-22-13-16(20)18-17(21)15(19)14-23-18/h10-11,15-21H,2-9,12-14H2,1H3/b11-10+/t15-,16+,17-,18-/m1/s1. The summed E-state index contributed by atoms with van der Waals surface area (Å²) in [7, 11) is 0. The fourth-order valence-corrected chi connectivity index (χ4v) is 2.72. The van der Waals surface area contributed by atoms with Crippen LogP contribution >= 0.6 is 0 Å². The first-order valence-electron chi connectivity index (χ1n) is 9.05. The second-order valence-corrected chi connectivity index (χ2v) is 6.34. The zero-order valence-corrected chi connectivity index (χ0v) is 14.4. The average molecular weight is 330 g/mol. The minimum absolute atomic E-state index is 0.0568. The summed E-state index contributed by atoms with van der Waals surface area (Å²) in [5.41, 5.74) is 0. The van der Waals surface area contributed by atoms with Crippen molar-refractivity contribution in [1.82, 2.24) is 0 Å². The molecule has 3 N–H and O–H groups in total. The van der Waals surface area contributed by atoms with Gasteiger partial charge in [0.25, 0.3) is 0 Å². The number of allylic oxidation sites excluding steroid dienone is 1. The van der Waals surface area contributed by atoms with E-state index in [1.165, 1.54) is 44.9 Å². The van der Waals surface area contributed by atoms with E-state index in [4.69, 9.17) is 9.47 Å². The van der Waals surface area contributed by atoms with Crippen LogP contribution in [0.2, 0.25) is 0 Å². The molecule has 0 unspecified atom stereocenters. The van der Waals surface area contributed by atoms with Crippen LogP contribution in [0.25, 0.3) is 0 Å². The van der Waals surface area contributed by atoms with Gasteiger partial charge in [-0.05, 0) is 12.8 Å². The molecule has 23 heavy (non-hydrogen) atoms. The van der Waals surface area contributed by atoms with E-state index in [1.54, 1.807) is 0 Å². The number of aliphatic hydroxyl groups is 3. The van der Waals surface area contributed by atoms with E-state index in [2.05, 4.69) is 13.0 Å². The molecule has 0 bridgehead atoms. The Hall–Kier alpha value is -0.460. The van der Waals surface area contributed by atoms with Gasteiger partial charge >= 0.3 is 0 Å². The Morgan fingerprint density at radius 2 is 1.78 bits per heavy atom. The zero-order chi connectivity index (χ0) is 16.9. The van der Waals surface area contributed by atoms with E-state index in [-0.39, 0.29) is 13.2 Å². The summed E-state index contributed by atoms with van der Waals surface area (Å²) in [5.74, 6) is 0. The van der Waals surface area contributed by atoms with Crippen molar-refractivity contribution in [3.8, 4) is 0 Å². The minimum Gasteiger partial charge on any atom is -0.388 e. The van der Waals surface area contributed by atoms with Gasteiger partial charge in [-0.2, -0.15) is 0 Å². The van der Waals surface area contributed by atoms with E-state index < -0.39 is 24.4 Å². The number of hydrogen-bond donors (Lipinski definition) is 3. The summed E-state index contributed by atoms with van der Waals surface area (Å²) in [4.78, 5) is 0. The highest BCUT2D eigenvalue weighted by molar-refractivity contribution is 4.88. The van der Waals surface area contributed by atoms with Crippen molar-refractivity contribution >= 4 is 0 Å². The third kappa shape index (κ3) is 8.82. The molecule has 1 saturated heterocycles. The lowest BCUT2D eigenvalue weighted by molar-refractivity contribution is -0.0782. The Labute approximate surface area is 140 Å². The van der Waals surface area contributed by atoms with Crippen molar-refractivity contribution in [2.24, 2.45) is 0 Å². The smallest absolute Gasteiger partial charge is 0.114 e. The van der Waals surface area contributed by atoms with E-state index in [0.29, 0.717) is 6.61 Å². The molecule has 0 aromatic heterocycles. The first kappa shape index (κ1) is 20.6. The summed E-state index contributed by atoms with van der Waals surface area (Å²) >= 11 is 0. The predicted octanol–water partition coefficient (Wildman–Crippen LogP) is 2.18. The van der Waals surface area contributed by atoms with Gasteiger partial charge in [-0.1, -0.05) is 57.6 Å². The maximum absolute atomic E-state index is 9.85. The summed E-state index contributed by atoms with van der Waals surface area (Å²) in [6.45, 7) is 2.83. The van der Waals surface area contributed by atoms with Gasteiger partial charge in [-0.15, -0.1) is 0 Å². The van der Waals surface area contributed by atoms with Crippen LogP contribution in [0.1, 0.15) is 58.3 Å². The molecule has 1 heterocycles. The third-order valence-electron chi connectivity index (χ3n) is 4.21. The highest BCUT2D eigenvalue weighted by Crippen LogP contribution is 2.17. The van der Waals surface area contributed by atoms with Gasteiger partial charge in [0, 0.05) is 0 Å². The molecule has 1 rings (SSSR count). The molecule has 5 nitrogen and oxygen atoms in total. The van der Waals surface area contributed by atoms with Crippen molar-refractivity contribution in [1.29, 1.82) is 0 Å². The lowest BCUT2D eigenvalue weighted by atomic mass is 10.1. The van der Waals surface area contributed by atoms with Gasteiger partial charge < -0.3 is 24.8 Å². The maximum atomic E-state index is 9.85. The lowest BCUT2D eigenvalue weighted by Crippen LogP contribution is -2.40. The van der Waals surface area contributed by atoms with E-state index in [1.807, 2.05) is 6.08 Å². The van der Waals surface area contributed by atoms with Crippen molar-refractivity contribution < 1.29 is 24.8 Å². The molecule has 0 aromatic rings. The molecule has 0 aromatic carbocycles. The molecular formula is C18H34O5. The lowest BCUT2D eigenvalue weighted by Gasteiger charge is -2.20. The van der Waals surface area contributed by atoms with Gasteiger partial charge in [0.2, 0.25) is 0 Å². The van der Waals surface area contributed by atoms with Crippen molar-refractivity contribution in [2.45, 2.75) is 82.7 Å². The highest BCUT2D eigenvalue weighted by atomic mass is 16.5. The molecule has 1 fully saturated rings. The largest absolute Gasteiger partial charge is 0.388 e. The van der Waals surface area contributed by atoms with Crippen molar-refractivity contribution in [3.05, 3.63) is 12.2 Å². The summed E-state index contributed by atoms with van der Waals surface area (Å²) in [5, 5.41) is 28.8. The zero-order valence-electron chi connectivity index (χ0n) is 14.4. The van der Waals surface area contributed by atoms with Gasteiger partial charge in [0.05, 0.1) is 19.8 Å². The summed E-state index contributed by atoms with van der Waals surface area (Å²) < 4.78 is 10.5. The Morgan fingerprint density at radius 1 is 1.09 bits per heavy atom.